The first-order valence-electron chi connectivity index (χ1n) is 6.92. The number of para-hydroxylation sites is 2. The van der Waals surface area contributed by atoms with Crippen LogP contribution in [0.2, 0.25) is 0 Å². The van der Waals surface area contributed by atoms with E-state index < -0.39 is 17.9 Å². The minimum Gasteiger partial charge on any atom is -0.485 e. The highest BCUT2D eigenvalue weighted by Crippen LogP contribution is 2.30. The number of thiophene rings is 1. The maximum absolute atomic E-state index is 12.0. The molecule has 0 fully saturated rings. The fourth-order valence-electron chi connectivity index (χ4n) is 1.94. The Morgan fingerprint density at radius 2 is 1.96 bits per heavy atom. The van der Waals surface area contributed by atoms with Crippen LogP contribution in [0.25, 0.3) is 6.08 Å². The summed E-state index contributed by atoms with van der Waals surface area (Å²) in [6.45, 7) is 0.0871. The van der Waals surface area contributed by atoms with Gasteiger partial charge in [0.2, 0.25) is 6.10 Å². The third-order valence-corrected chi connectivity index (χ3v) is 3.89. The van der Waals surface area contributed by atoms with E-state index >= 15 is 0 Å². The third kappa shape index (κ3) is 3.89. The molecule has 0 radical (unpaired) electrons. The fraction of sp³-hybridized carbons (Fsp3) is 0.125. The zero-order valence-corrected chi connectivity index (χ0v) is 12.8. The molecule has 0 saturated carbocycles. The Hall–Kier alpha value is -2.80. The van der Waals surface area contributed by atoms with Gasteiger partial charge in [0, 0.05) is 11.0 Å². The molecule has 0 bridgehead atoms. The summed E-state index contributed by atoms with van der Waals surface area (Å²) >= 11 is 1.51. The Balaban J connectivity index is 1.49. The van der Waals surface area contributed by atoms with E-state index in [1.54, 1.807) is 24.3 Å². The summed E-state index contributed by atoms with van der Waals surface area (Å²) < 4.78 is 11.0. The van der Waals surface area contributed by atoms with Crippen molar-refractivity contribution in [3.63, 3.8) is 0 Å². The topological polar surface area (TPSA) is 76.7 Å². The molecular formula is C16H14N2O4S. The summed E-state index contributed by atoms with van der Waals surface area (Å²) in [6, 6.07) is 10.9. The van der Waals surface area contributed by atoms with Crippen molar-refractivity contribution >= 4 is 29.2 Å². The van der Waals surface area contributed by atoms with Crippen LogP contribution < -0.4 is 20.3 Å². The van der Waals surface area contributed by atoms with Crippen molar-refractivity contribution in [1.82, 2.24) is 10.9 Å². The van der Waals surface area contributed by atoms with Gasteiger partial charge in [-0.1, -0.05) is 18.2 Å². The van der Waals surface area contributed by atoms with Crippen molar-refractivity contribution in [1.29, 1.82) is 0 Å². The lowest BCUT2D eigenvalue weighted by Crippen LogP contribution is -2.50. The van der Waals surface area contributed by atoms with Gasteiger partial charge < -0.3 is 9.47 Å². The van der Waals surface area contributed by atoms with Crippen molar-refractivity contribution in [3.8, 4) is 11.5 Å². The van der Waals surface area contributed by atoms with E-state index in [-0.39, 0.29) is 6.61 Å². The van der Waals surface area contributed by atoms with Crippen molar-refractivity contribution < 1.29 is 19.1 Å². The lowest BCUT2D eigenvalue weighted by molar-refractivity contribution is -0.134. The number of hydrogen-bond donors (Lipinski definition) is 2. The van der Waals surface area contributed by atoms with Crippen LogP contribution in [0.15, 0.2) is 47.9 Å². The number of hydrogen-bond acceptors (Lipinski definition) is 5. The summed E-state index contributed by atoms with van der Waals surface area (Å²) in [7, 11) is 0. The number of amides is 2. The lowest BCUT2D eigenvalue weighted by Gasteiger charge is -2.25. The SMILES string of the molecule is O=C(/C=C/c1cccs1)NNC(=O)C1COc2ccccc2O1. The van der Waals surface area contributed by atoms with Gasteiger partial charge in [0.15, 0.2) is 11.5 Å². The molecule has 118 valence electrons. The number of carbonyl (C=O) groups is 2. The van der Waals surface area contributed by atoms with E-state index in [9.17, 15) is 9.59 Å². The summed E-state index contributed by atoms with van der Waals surface area (Å²) in [5.74, 6) is 0.198. The second kappa shape index (κ2) is 6.97. The maximum atomic E-state index is 12.0. The Labute approximate surface area is 136 Å². The molecule has 1 aromatic heterocycles. The largest absolute Gasteiger partial charge is 0.485 e. The molecule has 7 heteroatoms. The molecule has 2 N–H and O–H groups in total. The standard InChI is InChI=1S/C16H14N2O4S/c19-15(8-7-11-4-3-9-23-11)17-18-16(20)14-10-21-12-5-1-2-6-13(12)22-14/h1-9,14H,10H2,(H,17,19)(H,18,20)/b8-7+. The van der Waals surface area contributed by atoms with E-state index in [1.165, 1.54) is 17.4 Å². The number of nitrogens with one attached hydrogen (secondary N) is 2. The fourth-order valence-corrected chi connectivity index (χ4v) is 2.56. The predicted octanol–water partition coefficient (Wildman–Crippen LogP) is 1.75. The Morgan fingerprint density at radius 1 is 1.13 bits per heavy atom. The van der Waals surface area contributed by atoms with E-state index in [0.29, 0.717) is 11.5 Å². The Bertz CT molecular complexity index is 727. The van der Waals surface area contributed by atoms with E-state index in [4.69, 9.17) is 9.47 Å². The zero-order chi connectivity index (χ0) is 16.1. The van der Waals surface area contributed by atoms with Gasteiger partial charge in [0.1, 0.15) is 6.61 Å². The Morgan fingerprint density at radius 3 is 2.74 bits per heavy atom. The number of rotatable bonds is 3. The molecule has 0 aliphatic carbocycles. The number of hydrazine groups is 1. The van der Waals surface area contributed by atoms with Crippen LogP contribution in [-0.4, -0.2) is 24.5 Å². The molecule has 2 heterocycles. The first kappa shape index (κ1) is 15.1. The van der Waals surface area contributed by atoms with Crippen molar-refractivity contribution in [3.05, 3.63) is 52.7 Å². The number of benzene rings is 1. The summed E-state index contributed by atoms with van der Waals surface area (Å²) in [4.78, 5) is 24.6. The number of ether oxygens (including phenoxy) is 2. The van der Waals surface area contributed by atoms with Crippen molar-refractivity contribution in [2.45, 2.75) is 6.10 Å². The average Bonchev–Trinajstić information content (AvgIpc) is 3.11. The average molecular weight is 330 g/mol. The van der Waals surface area contributed by atoms with Gasteiger partial charge in [0.25, 0.3) is 11.8 Å². The van der Waals surface area contributed by atoms with Crippen LogP contribution in [0.1, 0.15) is 4.88 Å². The highest BCUT2D eigenvalue weighted by molar-refractivity contribution is 7.10. The van der Waals surface area contributed by atoms with Crippen LogP contribution in [-0.2, 0) is 9.59 Å². The van der Waals surface area contributed by atoms with Gasteiger partial charge in [-0.15, -0.1) is 11.3 Å². The molecular weight excluding hydrogens is 316 g/mol. The molecule has 3 rings (SSSR count). The molecule has 0 spiro atoms. The van der Waals surface area contributed by atoms with Crippen LogP contribution in [0, 0.1) is 0 Å². The molecule has 6 nitrogen and oxygen atoms in total. The van der Waals surface area contributed by atoms with Gasteiger partial charge >= 0.3 is 0 Å². The Kier molecular flexibility index (Phi) is 4.58. The molecule has 1 unspecified atom stereocenters. The van der Waals surface area contributed by atoms with Gasteiger partial charge in [0.05, 0.1) is 0 Å². The number of carbonyl (C=O) groups excluding carboxylic acids is 2. The molecule has 1 aliphatic heterocycles. The van der Waals surface area contributed by atoms with Gasteiger partial charge in [-0.05, 0) is 29.7 Å². The maximum Gasteiger partial charge on any atom is 0.283 e. The highest BCUT2D eigenvalue weighted by Gasteiger charge is 2.27. The highest BCUT2D eigenvalue weighted by atomic mass is 32.1. The molecule has 1 aromatic carbocycles. The summed E-state index contributed by atoms with van der Waals surface area (Å²) in [6.07, 6.45) is 2.20. The third-order valence-electron chi connectivity index (χ3n) is 3.05. The first-order chi connectivity index (χ1) is 11.2. The van der Waals surface area contributed by atoms with Crippen molar-refractivity contribution in [2.24, 2.45) is 0 Å². The quantitative estimate of drug-likeness (QED) is 0.664. The first-order valence-corrected chi connectivity index (χ1v) is 7.80. The molecule has 2 aromatic rings. The van der Waals surface area contributed by atoms with E-state index in [1.807, 2.05) is 23.6 Å². The van der Waals surface area contributed by atoms with Gasteiger partial charge in [-0.25, -0.2) is 0 Å². The molecule has 1 atom stereocenters. The van der Waals surface area contributed by atoms with Crippen molar-refractivity contribution in [2.75, 3.05) is 6.61 Å². The second-order valence-corrected chi connectivity index (χ2v) is 5.67. The number of fused-ring (bicyclic) bond motifs is 1. The molecule has 2 amide bonds. The zero-order valence-electron chi connectivity index (χ0n) is 12.0. The van der Waals surface area contributed by atoms with E-state index in [0.717, 1.165) is 4.88 Å². The second-order valence-electron chi connectivity index (χ2n) is 4.69. The normalized spacial score (nSPS) is 16.1. The summed E-state index contributed by atoms with van der Waals surface area (Å²) in [5, 5.41) is 1.91. The van der Waals surface area contributed by atoms with Crippen LogP contribution in [0.4, 0.5) is 0 Å². The van der Waals surface area contributed by atoms with Crippen LogP contribution >= 0.6 is 11.3 Å². The van der Waals surface area contributed by atoms with Gasteiger partial charge in [-0.2, -0.15) is 0 Å². The molecule has 1 aliphatic rings. The minimum absolute atomic E-state index is 0.0871. The monoisotopic (exact) mass is 330 g/mol. The smallest absolute Gasteiger partial charge is 0.283 e. The minimum atomic E-state index is -0.813. The van der Waals surface area contributed by atoms with Crippen LogP contribution in [0.3, 0.4) is 0 Å². The van der Waals surface area contributed by atoms with Crippen LogP contribution in [0.5, 0.6) is 11.5 Å². The summed E-state index contributed by atoms with van der Waals surface area (Å²) in [5.41, 5.74) is 4.63. The molecule has 23 heavy (non-hydrogen) atoms. The molecule has 0 saturated heterocycles. The lowest BCUT2D eigenvalue weighted by atomic mass is 10.2. The predicted molar refractivity (Wildman–Crippen MR) is 86.0 cm³/mol. The van der Waals surface area contributed by atoms with E-state index in [2.05, 4.69) is 10.9 Å². The van der Waals surface area contributed by atoms with Gasteiger partial charge in [-0.3, -0.25) is 20.4 Å².